The Labute approximate surface area is 60.6 Å². The maximum absolute atomic E-state index is 10.2. The minimum Gasteiger partial charge on any atom is -0.481 e. The molecule has 0 aromatic heterocycles. The average molecular weight is 139 g/mol. The third-order valence-electron chi connectivity index (χ3n) is 1.69. The number of rotatable bonds is 2. The van der Waals surface area contributed by atoms with Crippen LogP contribution in [0.2, 0.25) is 0 Å². The summed E-state index contributed by atoms with van der Waals surface area (Å²) in [5.74, 6) is -0.462. The first-order valence-electron chi connectivity index (χ1n) is 3.57. The molecule has 0 aliphatic heterocycles. The molecule has 0 heterocycles. The van der Waals surface area contributed by atoms with Gasteiger partial charge in [-0.2, -0.15) is 0 Å². The van der Waals surface area contributed by atoms with Gasteiger partial charge in [-0.05, 0) is 31.3 Å². The molecule has 1 aliphatic rings. The van der Waals surface area contributed by atoms with Gasteiger partial charge in [-0.25, -0.2) is 0 Å². The van der Waals surface area contributed by atoms with E-state index in [1.807, 2.05) is 6.08 Å². The van der Waals surface area contributed by atoms with Crippen LogP contribution in [0.1, 0.15) is 25.7 Å². The molecule has 1 radical (unpaired) electrons. The van der Waals surface area contributed by atoms with Crippen LogP contribution in [0.15, 0.2) is 6.08 Å². The molecule has 0 amide bonds. The van der Waals surface area contributed by atoms with Crippen LogP contribution in [-0.4, -0.2) is 11.1 Å². The number of hydrogen-bond donors (Lipinski definition) is 1. The molecule has 1 N–H and O–H groups in total. The van der Waals surface area contributed by atoms with Crippen LogP contribution < -0.4 is 0 Å². The lowest BCUT2D eigenvalue weighted by Crippen LogP contribution is -2.07. The predicted molar refractivity (Wildman–Crippen MR) is 37.4 cm³/mol. The molecule has 10 heavy (non-hydrogen) atoms. The molecule has 0 spiro atoms. The van der Waals surface area contributed by atoms with Crippen molar-refractivity contribution in [2.24, 2.45) is 5.92 Å². The highest BCUT2D eigenvalue weighted by atomic mass is 16.4. The molecular formula is C8H11O2. The first-order valence-corrected chi connectivity index (χ1v) is 3.57. The van der Waals surface area contributed by atoms with Gasteiger partial charge in [0.15, 0.2) is 0 Å². The Hall–Kier alpha value is -0.790. The molecular weight excluding hydrogens is 128 g/mol. The summed E-state index contributed by atoms with van der Waals surface area (Å²) < 4.78 is 0. The Morgan fingerprint density at radius 2 is 2.60 bits per heavy atom. The van der Waals surface area contributed by atoms with Crippen LogP contribution in [0.3, 0.4) is 0 Å². The van der Waals surface area contributed by atoms with E-state index in [2.05, 4.69) is 6.08 Å². The summed E-state index contributed by atoms with van der Waals surface area (Å²) >= 11 is 0. The molecule has 0 aromatic carbocycles. The highest BCUT2D eigenvalue weighted by Crippen LogP contribution is 2.18. The SMILES string of the molecule is O=C(O)CC1C=[C]CCC1. The molecule has 1 rings (SSSR count). The van der Waals surface area contributed by atoms with Gasteiger partial charge in [-0.15, -0.1) is 0 Å². The van der Waals surface area contributed by atoms with Gasteiger partial charge in [0.05, 0.1) is 6.42 Å². The van der Waals surface area contributed by atoms with E-state index >= 15 is 0 Å². The monoisotopic (exact) mass is 139 g/mol. The van der Waals surface area contributed by atoms with Crippen LogP contribution in [0.4, 0.5) is 0 Å². The van der Waals surface area contributed by atoms with E-state index in [0.717, 1.165) is 19.3 Å². The van der Waals surface area contributed by atoms with E-state index < -0.39 is 5.97 Å². The van der Waals surface area contributed by atoms with Crippen LogP contribution in [-0.2, 0) is 4.79 Å². The molecule has 1 unspecified atom stereocenters. The standard InChI is InChI=1S/C8H11O2/c9-8(10)6-7-4-2-1-3-5-7/h5,7H,1-2,4,6H2,(H,9,10). The van der Waals surface area contributed by atoms with Gasteiger partial charge in [-0.3, -0.25) is 4.79 Å². The van der Waals surface area contributed by atoms with E-state index in [1.165, 1.54) is 0 Å². The molecule has 1 aliphatic carbocycles. The minimum atomic E-state index is -0.704. The third kappa shape index (κ3) is 2.21. The Balaban J connectivity index is 2.33. The van der Waals surface area contributed by atoms with Crippen molar-refractivity contribution < 1.29 is 9.90 Å². The van der Waals surface area contributed by atoms with E-state index in [1.54, 1.807) is 0 Å². The number of carboxylic acids is 1. The van der Waals surface area contributed by atoms with Crippen molar-refractivity contribution >= 4 is 5.97 Å². The molecule has 55 valence electrons. The summed E-state index contributed by atoms with van der Waals surface area (Å²) in [5, 5.41) is 8.42. The maximum atomic E-state index is 10.2. The van der Waals surface area contributed by atoms with Crippen molar-refractivity contribution in [2.75, 3.05) is 0 Å². The maximum Gasteiger partial charge on any atom is 0.303 e. The predicted octanol–water partition coefficient (Wildman–Crippen LogP) is 1.62. The van der Waals surface area contributed by atoms with E-state index in [9.17, 15) is 4.79 Å². The van der Waals surface area contributed by atoms with Crippen LogP contribution in [0.25, 0.3) is 0 Å². The number of allylic oxidation sites excluding steroid dienone is 2. The van der Waals surface area contributed by atoms with Crippen molar-refractivity contribution in [3.63, 3.8) is 0 Å². The Kier molecular flexibility index (Phi) is 2.49. The number of carbonyl (C=O) groups is 1. The summed E-state index contributed by atoms with van der Waals surface area (Å²) in [6, 6.07) is 0. The van der Waals surface area contributed by atoms with Gasteiger partial charge in [0.2, 0.25) is 0 Å². The molecule has 0 saturated carbocycles. The highest BCUT2D eigenvalue weighted by Gasteiger charge is 2.11. The van der Waals surface area contributed by atoms with E-state index in [4.69, 9.17) is 5.11 Å². The second-order valence-corrected chi connectivity index (χ2v) is 2.62. The summed E-state index contributed by atoms with van der Waals surface area (Å²) in [7, 11) is 0. The molecule has 0 saturated heterocycles. The molecule has 0 bridgehead atoms. The molecule has 2 nitrogen and oxygen atoms in total. The Bertz CT molecular complexity index is 149. The first kappa shape index (κ1) is 7.32. The number of hydrogen-bond acceptors (Lipinski definition) is 1. The third-order valence-corrected chi connectivity index (χ3v) is 1.69. The van der Waals surface area contributed by atoms with Gasteiger partial charge in [0.1, 0.15) is 0 Å². The van der Waals surface area contributed by atoms with E-state index in [0.29, 0.717) is 0 Å². The van der Waals surface area contributed by atoms with Crippen LogP contribution >= 0.6 is 0 Å². The smallest absolute Gasteiger partial charge is 0.303 e. The number of aliphatic carboxylic acids is 1. The van der Waals surface area contributed by atoms with Gasteiger partial charge >= 0.3 is 5.97 Å². The topological polar surface area (TPSA) is 37.3 Å². The fraction of sp³-hybridized carbons (Fsp3) is 0.625. The minimum absolute atomic E-state index is 0.242. The zero-order valence-electron chi connectivity index (χ0n) is 5.84. The molecule has 2 heteroatoms. The summed E-state index contributed by atoms with van der Waals surface area (Å²) in [6.45, 7) is 0. The van der Waals surface area contributed by atoms with Crippen molar-refractivity contribution in [2.45, 2.75) is 25.7 Å². The normalized spacial score (nSPS) is 24.6. The average Bonchev–Trinajstić information content (AvgIpc) is 1.88. The zero-order chi connectivity index (χ0) is 7.40. The van der Waals surface area contributed by atoms with Gasteiger partial charge in [0.25, 0.3) is 0 Å². The molecule has 0 fully saturated rings. The fourth-order valence-corrected chi connectivity index (χ4v) is 1.18. The lowest BCUT2D eigenvalue weighted by molar-refractivity contribution is -0.137. The molecule has 1 atom stereocenters. The van der Waals surface area contributed by atoms with E-state index in [-0.39, 0.29) is 12.3 Å². The molecule has 0 aromatic rings. The fourth-order valence-electron chi connectivity index (χ4n) is 1.18. The lowest BCUT2D eigenvalue weighted by atomic mass is 9.93. The first-order chi connectivity index (χ1) is 4.79. The van der Waals surface area contributed by atoms with Crippen molar-refractivity contribution in [3.05, 3.63) is 12.2 Å². The van der Waals surface area contributed by atoms with Crippen LogP contribution in [0, 0.1) is 12.0 Å². The van der Waals surface area contributed by atoms with Crippen molar-refractivity contribution in [1.82, 2.24) is 0 Å². The zero-order valence-corrected chi connectivity index (χ0v) is 5.84. The highest BCUT2D eigenvalue weighted by molar-refractivity contribution is 5.67. The van der Waals surface area contributed by atoms with Crippen molar-refractivity contribution in [3.8, 4) is 0 Å². The second kappa shape index (κ2) is 3.40. The van der Waals surface area contributed by atoms with Gasteiger partial charge < -0.3 is 5.11 Å². The van der Waals surface area contributed by atoms with Crippen molar-refractivity contribution in [1.29, 1.82) is 0 Å². The summed E-state index contributed by atoms with van der Waals surface area (Å²) in [5.41, 5.74) is 0. The Morgan fingerprint density at radius 1 is 1.80 bits per heavy atom. The van der Waals surface area contributed by atoms with Crippen LogP contribution in [0.5, 0.6) is 0 Å². The second-order valence-electron chi connectivity index (χ2n) is 2.62. The Morgan fingerprint density at radius 3 is 3.10 bits per heavy atom. The summed E-state index contributed by atoms with van der Waals surface area (Å²) in [4.78, 5) is 10.2. The lowest BCUT2D eigenvalue weighted by Gasteiger charge is -2.12. The largest absolute Gasteiger partial charge is 0.481 e. The number of carboxylic acid groups (broad SMARTS) is 1. The summed E-state index contributed by atoms with van der Waals surface area (Å²) in [6.07, 6.45) is 8.32. The quantitative estimate of drug-likeness (QED) is 0.631. The van der Waals surface area contributed by atoms with Gasteiger partial charge in [-0.1, -0.05) is 6.08 Å². The van der Waals surface area contributed by atoms with Gasteiger partial charge in [0, 0.05) is 0 Å².